The standard InChI is InChI=1S/C23H20N2/c1-16-9-8-13-19(15-16)23-24-21(18-11-4-3-5-12-18)22(25-23)20-14-7-6-10-17(20)2/h3-15H,1-2H3,(H,24,25). The number of H-pyrrole nitrogens is 1. The van der Waals surface area contributed by atoms with Gasteiger partial charge in [-0.1, -0.05) is 78.4 Å². The molecule has 0 radical (unpaired) electrons. The Bertz CT molecular complexity index is 1010. The van der Waals surface area contributed by atoms with Crippen molar-refractivity contribution in [3.63, 3.8) is 0 Å². The summed E-state index contributed by atoms with van der Waals surface area (Å²) in [6.07, 6.45) is 0. The molecule has 25 heavy (non-hydrogen) atoms. The highest BCUT2D eigenvalue weighted by Gasteiger charge is 2.16. The monoisotopic (exact) mass is 324 g/mol. The molecule has 3 aromatic carbocycles. The maximum Gasteiger partial charge on any atom is 0.138 e. The lowest BCUT2D eigenvalue weighted by atomic mass is 10.0. The molecule has 0 unspecified atom stereocenters. The molecule has 0 amide bonds. The van der Waals surface area contributed by atoms with Crippen molar-refractivity contribution in [1.82, 2.24) is 9.97 Å². The third kappa shape index (κ3) is 2.99. The van der Waals surface area contributed by atoms with Gasteiger partial charge < -0.3 is 4.98 Å². The number of aromatic nitrogens is 2. The maximum atomic E-state index is 4.95. The fourth-order valence-corrected chi connectivity index (χ4v) is 3.16. The van der Waals surface area contributed by atoms with Gasteiger partial charge in [0.25, 0.3) is 0 Å². The SMILES string of the molecule is Cc1cccc(-c2nc(-c3ccccc3)c(-c3ccccc3C)[nH]2)c1. The molecule has 0 aliphatic heterocycles. The van der Waals surface area contributed by atoms with Crippen molar-refractivity contribution in [2.24, 2.45) is 0 Å². The molecular formula is C23H20N2. The third-order valence-corrected chi connectivity index (χ3v) is 4.46. The first-order valence-electron chi connectivity index (χ1n) is 8.51. The van der Waals surface area contributed by atoms with Gasteiger partial charge in [0.2, 0.25) is 0 Å². The summed E-state index contributed by atoms with van der Waals surface area (Å²) in [4.78, 5) is 8.52. The summed E-state index contributed by atoms with van der Waals surface area (Å²) >= 11 is 0. The highest BCUT2D eigenvalue weighted by atomic mass is 14.9. The molecule has 0 aliphatic rings. The average Bonchev–Trinajstić information content (AvgIpc) is 3.08. The minimum Gasteiger partial charge on any atom is -0.337 e. The quantitative estimate of drug-likeness (QED) is 0.490. The van der Waals surface area contributed by atoms with E-state index in [0.717, 1.165) is 28.3 Å². The van der Waals surface area contributed by atoms with E-state index in [1.54, 1.807) is 0 Å². The van der Waals surface area contributed by atoms with Crippen molar-refractivity contribution in [3.8, 4) is 33.9 Å². The van der Waals surface area contributed by atoms with E-state index in [4.69, 9.17) is 4.98 Å². The van der Waals surface area contributed by atoms with Crippen molar-refractivity contribution in [3.05, 3.63) is 90.0 Å². The van der Waals surface area contributed by atoms with Gasteiger partial charge in [-0.25, -0.2) is 4.98 Å². The van der Waals surface area contributed by atoms with Crippen LogP contribution in [0.2, 0.25) is 0 Å². The zero-order valence-corrected chi connectivity index (χ0v) is 14.5. The van der Waals surface area contributed by atoms with Crippen molar-refractivity contribution in [2.45, 2.75) is 13.8 Å². The highest BCUT2D eigenvalue weighted by molar-refractivity contribution is 5.82. The fourth-order valence-electron chi connectivity index (χ4n) is 3.16. The minimum atomic E-state index is 0.904. The number of aromatic amines is 1. The van der Waals surface area contributed by atoms with Crippen LogP contribution in [-0.2, 0) is 0 Å². The van der Waals surface area contributed by atoms with E-state index in [1.807, 2.05) is 6.07 Å². The number of aryl methyl sites for hydroxylation is 2. The summed E-state index contributed by atoms with van der Waals surface area (Å²) in [5, 5.41) is 0. The first-order valence-corrected chi connectivity index (χ1v) is 8.51. The fraction of sp³-hybridized carbons (Fsp3) is 0.0870. The molecule has 0 aliphatic carbocycles. The van der Waals surface area contributed by atoms with Gasteiger partial charge in [0.15, 0.2) is 0 Å². The molecule has 0 saturated carbocycles. The van der Waals surface area contributed by atoms with Crippen LogP contribution in [0, 0.1) is 13.8 Å². The number of imidazole rings is 1. The van der Waals surface area contributed by atoms with Gasteiger partial charge >= 0.3 is 0 Å². The van der Waals surface area contributed by atoms with Gasteiger partial charge in [0.1, 0.15) is 5.82 Å². The molecule has 122 valence electrons. The Labute approximate surface area is 148 Å². The first kappa shape index (κ1) is 15.4. The molecule has 2 heteroatoms. The third-order valence-electron chi connectivity index (χ3n) is 4.46. The summed E-state index contributed by atoms with van der Waals surface area (Å²) in [5.41, 5.74) is 7.94. The minimum absolute atomic E-state index is 0.904. The van der Waals surface area contributed by atoms with E-state index in [-0.39, 0.29) is 0 Å². The van der Waals surface area contributed by atoms with Gasteiger partial charge in [-0.3, -0.25) is 0 Å². The second-order valence-electron chi connectivity index (χ2n) is 6.36. The van der Waals surface area contributed by atoms with E-state index in [1.165, 1.54) is 16.7 Å². The Morgan fingerprint density at radius 2 is 1.44 bits per heavy atom. The lowest BCUT2D eigenvalue weighted by molar-refractivity contribution is 1.30. The number of hydrogen-bond acceptors (Lipinski definition) is 1. The lowest BCUT2D eigenvalue weighted by Gasteiger charge is -2.06. The van der Waals surface area contributed by atoms with Crippen LogP contribution in [0.3, 0.4) is 0 Å². The van der Waals surface area contributed by atoms with Crippen molar-refractivity contribution in [1.29, 1.82) is 0 Å². The van der Waals surface area contributed by atoms with Crippen LogP contribution >= 0.6 is 0 Å². The molecule has 0 saturated heterocycles. The van der Waals surface area contributed by atoms with E-state index >= 15 is 0 Å². The predicted molar refractivity (Wildman–Crippen MR) is 104 cm³/mol. The molecule has 2 nitrogen and oxygen atoms in total. The van der Waals surface area contributed by atoms with Crippen LogP contribution in [-0.4, -0.2) is 9.97 Å². The van der Waals surface area contributed by atoms with Gasteiger partial charge in [-0.2, -0.15) is 0 Å². The normalized spacial score (nSPS) is 10.8. The summed E-state index contributed by atoms with van der Waals surface area (Å²) in [6.45, 7) is 4.24. The van der Waals surface area contributed by atoms with Crippen molar-refractivity contribution < 1.29 is 0 Å². The molecule has 0 fully saturated rings. The summed E-state index contributed by atoms with van der Waals surface area (Å²) in [6, 6.07) is 27.2. The number of benzene rings is 3. The van der Waals surface area contributed by atoms with E-state index in [2.05, 4.69) is 91.6 Å². The molecule has 0 spiro atoms. The molecule has 1 N–H and O–H groups in total. The lowest BCUT2D eigenvalue weighted by Crippen LogP contribution is -1.86. The Kier molecular flexibility index (Phi) is 3.95. The molecule has 4 rings (SSSR count). The number of hydrogen-bond donors (Lipinski definition) is 1. The molecule has 4 aromatic rings. The second kappa shape index (κ2) is 6.40. The first-order chi connectivity index (χ1) is 12.2. The number of nitrogens with zero attached hydrogens (tertiary/aromatic N) is 1. The number of nitrogens with one attached hydrogen (secondary N) is 1. The zero-order valence-electron chi connectivity index (χ0n) is 14.5. The van der Waals surface area contributed by atoms with Gasteiger partial charge in [-0.15, -0.1) is 0 Å². The molecular weight excluding hydrogens is 304 g/mol. The molecule has 0 atom stereocenters. The van der Waals surface area contributed by atoms with E-state index in [0.29, 0.717) is 0 Å². The van der Waals surface area contributed by atoms with Crippen LogP contribution in [0.1, 0.15) is 11.1 Å². The number of rotatable bonds is 3. The highest BCUT2D eigenvalue weighted by Crippen LogP contribution is 2.34. The second-order valence-corrected chi connectivity index (χ2v) is 6.36. The topological polar surface area (TPSA) is 28.7 Å². The van der Waals surface area contributed by atoms with Crippen molar-refractivity contribution in [2.75, 3.05) is 0 Å². The largest absolute Gasteiger partial charge is 0.337 e. The van der Waals surface area contributed by atoms with Crippen LogP contribution < -0.4 is 0 Å². The summed E-state index contributed by atoms with van der Waals surface area (Å²) in [7, 11) is 0. The smallest absolute Gasteiger partial charge is 0.138 e. The van der Waals surface area contributed by atoms with Crippen LogP contribution in [0.5, 0.6) is 0 Å². The average molecular weight is 324 g/mol. The van der Waals surface area contributed by atoms with E-state index in [9.17, 15) is 0 Å². The van der Waals surface area contributed by atoms with Gasteiger partial charge in [0.05, 0.1) is 11.4 Å². The Balaban J connectivity index is 1.94. The van der Waals surface area contributed by atoms with Crippen LogP contribution in [0.25, 0.3) is 33.9 Å². The molecule has 0 bridgehead atoms. The zero-order chi connectivity index (χ0) is 17.2. The molecule has 1 aromatic heterocycles. The Hall–Kier alpha value is -3.13. The maximum absolute atomic E-state index is 4.95. The predicted octanol–water partition coefficient (Wildman–Crippen LogP) is 6.03. The van der Waals surface area contributed by atoms with Gasteiger partial charge in [-0.05, 0) is 25.5 Å². The van der Waals surface area contributed by atoms with Crippen LogP contribution in [0.4, 0.5) is 0 Å². The molecule has 1 heterocycles. The van der Waals surface area contributed by atoms with Crippen LogP contribution in [0.15, 0.2) is 78.9 Å². The summed E-state index contributed by atoms with van der Waals surface area (Å²) in [5.74, 6) is 0.904. The Morgan fingerprint density at radius 1 is 0.720 bits per heavy atom. The van der Waals surface area contributed by atoms with Crippen molar-refractivity contribution >= 4 is 0 Å². The van der Waals surface area contributed by atoms with E-state index < -0.39 is 0 Å². The Morgan fingerprint density at radius 3 is 2.20 bits per heavy atom. The van der Waals surface area contributed by atoms with Gasteiger partial charge in [0, 0.05) is 16.7 Å². The summed E-state index contributed by atoms with van der Waals surface area (Å²) < 4.78 is 0.